The third-order valence-corrected chi connectivity index (χ3v) is 2.43. The molecule has 0 aromatic carbocycles. The number of hydrogen-bond donors (Lipinski definition) is 0. The van der Waals surface area contributed by atoms with Crippen molar-refractivity contribution >= 4 is 5.78 Å². The summed E-state index contributed by atoms with van der Waals surface area (Å²) in [6.07, 6.45) is 4.41. The van der Waals surface area contributed by atoms with Crippen LogP contribution in [0.4, 0.5) is 0 Å². The Hall–Kier alpha value is -0.590. The molecule has 1 unspecified atom stereocenters. The molecule has 0 amide bonds. The van der Waals surface area contributed by atoms with Crippen LogP contribution in [0.1, 0.15) is 27.2 Å². The first-order valence-electron chi connectivity index (χ1n) is 3.73. The molecular formula is C9H14O. The van der Waals surface area contributed by atoms with Crippen LogP contribution in [-0.2, 0) is 4.79 Å². The van der Waals surface area contributed by atoms with E-state index in [0.717, 1.165) is 0 Å². The number of rotatable bonds is 0. The Kier molecular flexibility index (Phi) is 1.67. The van der Waals surface area contributed by atoms with E-state index in [1.165, 1.54) is 0 Å². The number of ketones is 1. The van der Waals surface area contributed by atoms with Gasteiger partial charge in [-0.25, -0.2) is 0 Å². The minimum absolute atomic E-state index is 0.172. The zero-order chi connectivity index (χ0) is 7.78. The van der Waals surface area contributed by atoms with Crippen molar-refractivity contribution in [3.05, 3.63) is 12.2 Å². The number of carbonyl (C=O) groups excluding carboxylic acids is 1. The molecule has 0 heterocycles. The van der Waals surface area contributed by atoms with E-state index >= 15 is 0 Å². The molecule has 1 aliphatic rings. The third-order valence-electron chi connectivity index (χ3n) is 2.43. The predicted octanol–water partition coefficient (Wildman–Crippen LogP) is 2.18. The van der Waals surface area contributed by atoms with E-state index < -0.39 is 0 Å². The van der Waals surface area contributed by atoms with Gasteiger partial charge in [-0.15, -0.1) is 0 Å². The van der Waals surface area contributed by atoms with Gasteiger partial charge in [0.15, 0.2) is 5.78 Å². The van der Waals surface area contributed by atoms with Gasteiger partial charge in [-0.05, 0) is 17.4 Å². The molecule has 0 saturated heterocycles. The fourth-order valence-corrected chi connectivity index (χ4v) is 1.18. The first-order chi connectivity index (χ1) is 4.52. The second-order valence-electron chi connectivity index (χ2n) is 3.78. The van der Waals surface area contributed by atoms with Crippen molar-refractivity contribution in [2.24, 2.45) is 11.3 Å². The molecule has 1 rings (SSSR count). The van der Waals surface area contributed by atoms with Gasteiger partial charge in [0, 0.05) is 6.42 Å². The fourth-order valence-electron chi connectivity index (χ4n) is 1.18. The van der Waals surface area contributed by atoms with Gasteiger partial charge in [0.1, 0.15) is 0 Å². The van der Waals surface area contributed by atoms with Gasteiger partial charge in [-0.3, -0.25) is 4.79 Å². The molecule has 0 spiro atoms. The normalized spacial score (nSPS) is 30.7. The average molecular weight is 138 g/mol. The maximum absolute atomic E-state index is 10.9. The highest BCUT2D eigenvalue weighted by molar-refractivity contribution is 5.91. The lowest BCUT2D eigenvalue weighted by molar-refractivity contribution is -0.117. The van der Waals surface area contributed by atoms with Gasteiger partial charge in [0.2, 0.25) is 0 Å². The second kappa shape index (κ2) is 2.22. The van der Waals surface area contributed by atoms with E-state index in [4.69, 9.17) is 0 Å². The first-order valence-corrected chi connectivity index (χ1v) is 3.73. The third kappa shape index (κ3) is 1.28. The lowest BCUT2D eigenvalue weighted by atomic mass is 9.73. The van der Waals surface area contributed by atoms with Crippen LogP contribution >= 0.6 is 0 Å². The van der Waals surface area contributed by atoms with Gasteiger partial charge in [-0.2, -0.15) is 0 Å². The van der Waals surface area contributed by atoms with Crippen molar-refractivity contribution in [3.8, 4) is 0 Å². The molecule has 0 bridgehead atoms. The molecule has 1 nitrogen and oxygen atoms in total. The molecule has 1 heteroatoms. The lowest BCUT2D eigenvalue weighted by Gasteiger charge is -2.31. The van der Waals surface area contributed by atoms with Gasteiger partial charge in [-0.1, -0.05) is 26.8 Å². The summed E-state index contributed by atoms with van der Waals surface area (Å²) in [5, 5.41) is 0. The largest absolute Gasteiger partial charge is 0.295 e. The highest BCUT2D eigenvalue weighted by Gasteiger charge is 2.29. The van der Waals surface area contributed by atoms with E-state index in [0.29, 0.717) is 12.3 Å². The number of carbonyl (C=O) groups is 1. The van der Waals surface area contributed by atoms with Crippen LogP contribution in [0.3, 0.4) is 0 Å². The number of allylic oxidation sites excluding steroid dienone is 2. The highest BCUT2D eigenvalue weighted by Crippen LogP contribution is 2.34. The van der Waals surface area contributed by atoms with Crippen LogP contribution in [-0.4, -0.2) is 5.78 Å². The van der Waals surface area contributed by atoms with Crippen molar-refractivity contribution in [2.45, 2.75) is 27.2 Å². The van der Waals surface area contributed by atoms with E-state index in [1.54, 1.807) is 6.08 Å². The maximum atomic E-state index is 10.9. The van der Waals surface area contributed by atoms with Gasteiger partial charge in [0.25, 0.3) is 0 Å². The molecule has 0 aromatic heterocycles. The summed E-state index contributed by atoms with van der Waals surface area (Å²) >= 11 is 0. The molecule has 10 heavy (non-hydrogen) atoms. The van der Waals surface area contributed by atoms with Crippen LogP contribution in [0.2, 0.25) is 0 Å². The monoisotopic (exact) mass is 138 g/mol. The standard InChI is InChI=1S/C9H14O/c1-7-4-5-8(10)6-9(7,2)3/h4-5,7H,6H2,1-3H3. The Labute approximate surface area is 62.1 Å². The summed E-state index contributed by atoms with van der Waals surface area (Å²) in [5.74, 6) is 0.799. The van der Waals surface area contributed by atoms with Crippen LogP contribution in [0.5, 0.6) is 0 Å². The second-order valence-corrected chi connectivity index (χ2v) is 3.78. The summed E-state index contributed by atoms with van der Waals surface area (Å²) in [4.78, 5) is 10.9. The van der Waals surface area contributed by atoms with Crippen LogP contribution in [0.25, 0.3) is 0 Å². The minimum Gasteiger partial charge on any atom is -0.295 e. The molecule has 1 aliphatic carbocycles. The molecule has 0 radical (unpaired) electrons. The molecule has 0 aromatic rings. The van der Waals surface area contributed by atoms with Gasteiger partial charge in [0.05, 0.1) is 0 Å². The van der Waals surface area contributed by atoms with Crippen molar-refractivity contribution in [1.82, 2.24) is 0 Å². The van der Waals surface area contributed by atoms with E-state index in [1.807, 2.05) is 6.08 Å². The van der Waals surface area contributed by atoms with Crippen molar-refractivity contribution < 1.29 is 4.79 Å². The van der Waals surface area contributed by atoms with Gasteiger partial charge >= 0.3 is 0 Å². The molecule has 56 valence electrons. The zero-order valence-corrected chi connectivity index (χ0v) is 6.85. The van der Waals surface area contributed by atoms with E-state index in [-0.39, 0.29) is 11.2 Å². The Morgan fingerprint density at radius 3 is 2.60 bits per heavy atom. The Bertz CT molecular complexity index is 177. The maximum Gasteiger partial charge on any atom is 0.155 e. The summed E-state index contributed by atoms with van der Waals surface area (Å²) < 4.78 is 0. The summed E-state index contributed by atoms with van der Waals surface area (Å²) in [7, 11) is 0. The fraction of sp³-hybridized carbons (Fsp3) is 0.667. The smallest absolute Gasteiger partial charge is 0.155 e. The zero-order valence-electron chi connectivity index (χ0n) is 6.85. The molecule has 0 N–H and O–H groups in total. The van der Waals surface area contributed by atoms with Gasteiger partial charge < -0.3 is 0 Å². The topological polar surface area (TPSA) is 17.1 Å². The number of hydrogen-bond acceptors (Lipinski definition) is 1. The molecular weight excluding hydrogens is 124 g/mol. The van der Waals surface area contributed by atoms with Crippen molar-refractivity contribution in [3.63, 3.8) is 0 Å². The van der Waals surface area contributed by atoms with Crippen molar-refractivity contribution in [1.29, 1.82) is 0 Å². The summed E-state index contributed by atoms with van der Waals surface area (Å²) in [5.41, 5.74) is 0.172. The van der Waals surface area contributed by atoms with Crippen LogP contribution in [0.15, 0.2) is 12.2 Å². The average Bonchev–Trinajstić information content (AvgIpc) is 1.78. The highest BCUT2D eigenvalue weighted by atomic mass is 16.1. The lowest BCUT2D eigenvalue weighted by Crippen LogP contribution is -2.26. The van der Waals surface area contributed by atoms with Crippen molar-refractivity contribution in [2.75, 3.05) is 0 Å². The molecule has 0 saturated carbocycles. The van der Waals surface area contributed by atoms with Crippen LogP contribution < -0.4 is 0 Å². The summed E-state index contributed by atoms with van der Waals surface area (Å²) in [6.45, 7) is 6.43. The molecule has 1 atom stereocenters. The quantitative estimate of drug-likeness (QED) is 0.501. The summed E-state index contributed by atoms with van der Waals surface area (Å²) in [6, 6.07) is 0. The predicted molar refractivity (Wildman–Crippen MR) is 41.7 cm³/mol. The van der Waals surface area contributed by atoms with E-state index in [2.05, 4.69) is 20.8 Å². The van der Waals surface area contributed by atoms with E-state index in [9.17, 15) is 4.79 Å². The Morgan fingerprint density at radius 2 is 2.20 bits per heavy atom. The molecule has 0 fully saturated rings. The first kappa shape index (κ1) is 7.52. The Balaban J connectivity index is 2.82. The minimum atomic E-state index is 0.172. The molecule has 0 aliphatic heterocycles. The SMILES string of the molecule is CC1C=CC(=O)CC1(C)C. The van der Waals surface area contributed by atoms with Crippen LogP contribution in [0, 0.1) is 11.3 Å². The Morgan fingerprint density at radius 1 is 1.60 bits per heavy atom.